The maximum absolute atomic E-state index is 2.12. The van der Waals surface area contributed by atoms with Gasteiger partial charge in [-0.05, 0) is 0 Å². The average molecular weight is 336 g/mol. The van der Waals surface area contributed by atoms with Crippen LogP contribution in [0.4, 0.5) is 0 Å². The summed E-state index contributed by atoms with van der Waals surface area (Å²) in [5.74, 6) is 0. The van der Waals surface area contributed by atoms with Crippen molar-refractivity contribution in [3.63, 3.8) is 0 Å². The average Bonchev–Trinajstić information content (AvgIpc) is 1.93. The molecule has 0 aliphatic heterocycles. The van der Waals surface area contributed by atoms with Crippen molar-refractivity contribution in [2.45, 2.75) is 20.3 Å². The van der Waals surface area contributed by atoms with Crippen LogP contribution < -0.4 is 0 Å². The molecule has 0 unspecified atom stereocenters. The quantitative estimate of drug-likeness (QED) is 0.628. The van der Waals surface area contributed by atoms with Gasteiger partial charge in [0, 0.05) is 0 Å². The second-order valence-corrected chi connectivity index (χ2v) is 1.86. The van der Waals surface area contributed by atoms with Crippen LogP contribution in [-0.4, -0.2) is 0 Å². The summed E-state index contributed by atoms with van der Waals surface area (Å²) in [4.78, 5) is 0. The molecular formula is C11H20W. The van der Waals surface area contributed by atoms with E-state index in [1.54, 1.807) is 0 Å². The third-order valence-electron chi connectivity index (χ3n) is 0.667. The van der Waals surface area contributed by atoms with Crippen LogP contribution in [0.15, 0.2) is 36.4 Å². The van der Waals surface area contributed by atoms with Gasteiger partial charge >= 0.3 is 21.1 Å². The minimum Gasteiger partial charge on any atom is -0.358 e. The van der Waals surface area contributed by atoms with E-state index < -0.39 is 0 Å². The molecule has 0 heterocycles. The summed E-state index contributed by atoms with van der Waals surface area (Å²) in [5, 5.41) is 0. The molecule has 0 amide bonds. The fraction of sp³-hybridized carbons (Fsp3) is 0.273. The molecule has 0 bridgehead atoms. The molecule has 0 atom stereocenters. The molecule has 1 aromatic carbocycles. The van der Waals surface area contributed by atoms with Crippen LogP contribution >= 0.6 is 0 Å². The van der Waals surface area contributed by atoms with Gasteiger partial charge in [0.15, 0.2) is 0 Å². The third kappa shape index (κ3) is 22.5. The first kappa shape index (κ1) is 22.7. The third-order valence-corrected chi connectivity index (χ3v) is 0.667. The van der Waals surface area contributed by atoms with Crippen LogP contribution in [0.3, 0.4) is 0 Å². The van der Waals surface area contributed by atoms with Gasteiger partial charge in [-0.2, -0.15) is 0 Å². The van der Waals surface area contributed by atoms with E-state index in [4.69, 9.17) is 0 Å². The molecule has 0 spiro atoms. The van der Waals surface area contributed by atoms with E-state index in [0.717, 1.165) is 0 Å². The molecule has 0 saturated carbocycles. The van der Waals surface area contributed by atoms with E-state index in [1.165, 1.54) is 6.42 Å². The van der Waals surface area contributed by atoms with Gasteiger partial charge in [-0.25, -0.2) is 0 Å². The SMILES string of the molecule is CCC.[CH3-].[CH3-].[W+2].c1ccccc1. The molecule has 0 radical (unpaired) electrons. The van der Waals surface area contributed by atoms with E-state index in [-0.39, 0.29) is 35.9 Å². The molecule has 0 aromatic heterocycles. The molecule has 0 nitrogen and oxygen atoms in total. The van der Waals surface area contributed by atoms with Crippen molar-refractivity contribution in [3.05, 3.63) is 51.3 Å². The summed E-state index contributed by atoms with van der Waals surface area (Å²) < 4.78 is 0. The van der Waals surface area contributed by atoms with Gasteiger partial charge < -0.3 is 14.9 Å². The minimum atomic E-state index is 0. The van der Waals surface area contributed by atoms with Gasteiger partial charge in [0.1, 0.15) is 0 Å². The first-order chi connectivity index (χ1) is 4.41. The zero-order valence-corrected chi connectivity index (χ0v) is 11.5. The topological polar surface area (TPSA) is 0 Å². The second kappa shape index (κ2) is 22.4. The van der Waals surface area contributed by atoms with Crippen molar-refractivity contribution >= 4 is 0 Å². The Morgan fingerprint density at radius 3 is 0.833 bits per heavy atom. The summed E-state index contributed by atoms with van der Waals surface area (Å²) in [6, 6.07) is 12.0. The van der Waals surface area contributed by atoms with Crippen molar-refractivity contribution in [1.29, 1.82) is 0 Å². The largest absolute Gasteiger partial charge is 2.00 e. The number of benzene rings is 1. The molecule has 12 heavy (non-hydrogen) atoms. The van der Waals surface area contributed by atoms with Crippen LogP contribution in [0.2, 0.25) is 0 Å². The summed E-state index contributed by atoms with van der Waals surface area (Å²) in [6.07, 6.45) is 1.25. The van der Waals surface area contributed by atoms with Gasteiger partial charge in [-0.1, -0.05) is 56.7 Å². The van der Waals surface area contributed by atoms with Gasteiger partial charge in [0.2, 0.25) is 0 Å². The van der Waals surface area contributed by atoms with E-state index in [1.807, 2.05) is 36.4 Å². The summed E-state index contributed by atoms with van der Waals surface area (Å²) >= 11 is 0. The normalized spacial score (nSPS) is 5.50. The molecule has 1 heteroatoms. The Morgan fingerprint density at radius 1 is 0.667 bits per heavy atom. The van der Waals surface area contributed by atoms with Crippen LogP contribution in [0, 0.1) is 14.9 Å². The number of rotatable bonds is 0. The van der Waals surface area contributed by atoms with Crippen molar-refractivity contribution in [2.24, 2.45) is 0 Å². The Bertz CT molecular complexity index is 87.9. The maximum Gasteiger partial charge on any atom is 2.00 e. The summed E-state index contributed by atoms with van der Waals surface area (Å²) in [6.45, 7) is 4.25. The van der Waals surface area contributed by atoms with Crippen LogP contribution in [0.1, 0.15) is 20.3 Å². The first-order valence-electron chi connectivity index (χ1n) is 3.41. The Labute approximate surface area is 92.7 Å². The molecular weight excluding hydrogens is 316 g/mol. The van der Waals surface area contributed by atoms with Gasteiger partial charge in [0.25, 0.3) is 0 Å². The van der Waals surface area contributed by atoms with Gasteiger partial charge in [0.05, 0.1) is 0 Å². The van der Waals surface area contributed by atoms with Gasteiger partial charge in [-0.3, -0.25) is 0 Å². The molecule has 1 rings (SSSR count). The van der Waals surface area contributed by atoms with Crippen LogP contribution in [0.25, 0.3) is 0 Å². The monoisotopic (exact) mass is 336 g/mol. The smallest absolute Gasteiger partial charge is 0.358 e. The Morgan fingerprint density at radius 2 is 0.750 bits per heavy atom. The second-order valence-electron chi connectivity index (χ2n) is 1.86. The molecule has 0 aliphatic rings. The zero-order chi connectivity index (χ0) is 6.95. The van der Waals surface area contributed by atoms with Crippen molar-refractivity contribution in [3.8, 4) is 0 Å². The minimum absolute atomic E-state index is 0. The predicted octanol–water partition coefficient (Wildman–Crippen LogP) is 4.00. The van der Waals surface area contributed by atoms with Crippen LogP contribution in [0.5, 0.6) is 0 Å². The van der Waals surface area contributed by atoms with Gasteiger partial charge in [-0.15, -0.1) is 0 Å². The molecule has 0 N–H and O–H groups in total. The number of hydrogen-bond donors (Lipinski definition) is 0. The van der Waals surface area contributed by atoms with E-state index in [2.05, 4.69) is 13.8 Å². The van der Waals surface area contributed by atoms with E-state index >= 15 is 0 Å². The fourth-order valence-electron chi connectivity index (χ4n) is 0.385. The maximum atomic E-state index is 2.12. The van der Waals surface area contributed by atoms with Crippen LogP contribution in [-0.2, 0) is 21.1 Å². The fourth-order valence-corrected chi connectivity index (χ4v) is 0.385. The van der Waals surface area contributed by atoms with Crippen molar-refractivity contribution in [1.82, 2.24) is 0 Å². The molecule has 70 valence electrons. The van der Waals surface area contributed by atoms with E-state index in [0.29, 0.717) is 0 Å². The van der Waals surface area contributed by atoms with Crippen molar-refractivity contribution < 1.29 is 21.1 Å². The Balaban J connectivity index is -0.0000000489. The standard InChI is InChI=1S/C6H6.C3H8.2CH3.W/c1-2-4-6-5-3-1;1-3-2;;;/h1-6H;3H2,1-2H3;2*1H3;/q;;2*-1;+2. The molecule has 0 aliphatic carbocycles. The summed E-state index contributed by atoms with van der Waals surface area (Å²) in [7, 11) is 0. The zero-order valence-electron chi connectivity index (χ0n) is 8.58. The summed E-state index contributed by atoms with van der Waals surface area (Å²) in [5.41, 5.74) is 0. The number of hydrogen-bond acceptors (Lipinski definition) is 0. The Kier molecular flexibility index (Phi) is 42.4. The Hall–Kier alpha value is -0.0917. The molecule has 0 saturated heterocycles. The molecule has 0 fully saturated rings. The molecule has 1 aromatic rings. The van der Waals surface area contributed by atoms with E-state index in [9.17, 15) is 0 Å². The predicted molar refractivity (Wildman–Crippen MR) is 55.2 cm³/mol. The first-order valence-corrected chi connectivity index (χ1v) is 3.41. The van der Waals surface area contributed by atoms with Crippen molar-refractivity contribution in [2.75, 3.05) is 0 Å².